The van der Waals surface area contributed by atoms with Gasteiger partial charge in [-0.3, -0.25) is 0 Å². The van der Waals surface area contributed by atoms with Gasteiger partial charge in [0, 0.05) is 43.7 Å². The van der Waals surface area contributed by atoms with Gasteiger partial charge in [0.2, 0.25) is 0 Å². The topological polar surface area (TPSA) is 463 Å². The Balaban J connectivity index is 0.000000138. The lowest BCUT2D eigenvalue weighted by Gasteiger charge is -2.51. The van der Waals surface area contributed by atoms with Gasteiger partial charge < -0.3 is 117 Å². The highest BCUT2D eigenvalue weighted by Crippen LogP contribution is 2.53. The van der Waals surface area contributed by atoms with Crippen LogP contribution in [-0.4, -0.2) is 209 Å². The van der Waals surface area contributed by atoms with E-state index in [2.05, 4.69) is 186 Å². The summed E-state index contributed by atoms with van der Waals surface area (Å²) in [5, 5.41) is 39.4. The summed E-state index contributed by atoms with van der Waals surface area (Å²) in [6.07, 6.45) is 13.0. The van der Waals surface area contributed by atoms with Crippen LogP contribution < -0.4 is 33.4 Å². The normalized spacial score (nSPS) is 26.9. The lowest BCUT2D eigenvalue weighted by Crippen LogP contribution is -2.66. The quantitative estimate of drug-likeness (QED) is 0.0292. The number of thiocarbonyl (C=S) groups is 1. The number of fused-ring (bicyclic) bond motifs is 7. The van der Waals surface area contributed by atoms with E-state index in [1.165, 1.54) is 31.6 Å². The summed E-state index contributed by atoms with van der Waals surface area (Å²) in [7, 11) is -10.9. The molecule has 7 aliphatic heterocycles. The first kappa shape index (κ1) is 97.3. The maximum Gasteiger partial charge on any atom is 0.358 e. The zero-order chi connectivity index (χ0) is 93.3. The fourth-order valence-electron chi connectivity index (χ4n) is 19.5. The Bertz CT molecular complexity index is 5360. The predicted molar refractivity (Wildman–Crippen MR) is 507 cm³/mol. The van der Waals surface area contributed by atoms with Gasteiger partial charge >= 0.3 is 39.5 Å². The number of aliphatic hydroxyl groups is 3. The first-order valence-electron chi connectivity index (χ1n) is 45.5. The average molecular weight is 1880 g/mol. The Kier molecular flexibility index (Phi) is 30.4. The summed E-state index contributed by atoms with van der Waals surface area (Å²) in [4.78, 5) is 32.9. The SMILES string of the molecule is CC(C)[Si]1(C(C)C)OC[C@H]2O[C@@H](c3ccc4c(N)ncnn34)C[C@@H]2O[Si](C(C)C)(C(C)C)O1.CC(C)[Si]1(C(C)C)OC[C@H]2O[C@@H](c3ccc4c(N)ncnn34)[C@H](OC(=S)Oc3ccccc3)[C@@H]2O[Si](C(C)C)(C(C)C)O1.CC[C@H]1O[C@@H](n2ccc3c(N)ncnc32)C[C@@H]1C.C[C@H]1C[C@H](n2ccc3c(N)ncnc32)O[C@@H]1CO.Nc1ncnc2c1ccn2[C@H]1C[C@H](O)[C@@H](CO)O1. The lowest BCUT2D eigenvalue weighted by molar-refractivity contribution is -0.0430. The molecule has 7 aliphatic rings. The summed E-state index contributed by atoms with van der Waals surface area (Å²) in [6, 6.07) is 22.8. The molecule has 36 nitrogen and oxygen atoms in total. The molecule has 0 spiro atoms. The summed E-state index contributed by atoms with van der Waals surface area (Å²) in [5.41, 5.74) is 37.0. The first-order valence-corrected chi connectivity index (χ1v) is 53.8. The van der Waals surface area contributed by atoms with Crippen LogP contribution in [0.4, 0.5) is 29.1 Å². The second kappa shape index (κ2) is 40.6. The van der Waals surface area contributed by atoms with E-state index < -0.39 is 70.9 Å². The van der Waals surface area contributed by atoms with Gasteiger partial charge in [0.25, 0.3) is 0 Å². The van der Waals surface area contributed by atoms with Gasteiger partial charge in [0.1, 0.15) is 138 Å². The Morgan fingerprint density at radius 3 is 1.31 bits per heavy atom. The van der Waals surface area contributed by atoms with Crippen LogP contribution in [0.5, 0.6) is 5.75 Å². The van der Waals surface area contributed by atoms with E-state index in [-0.39, 0.29) is 83.7 Å². The Labute approximate surface area is 768 Å². The fraction of sp³-hybridized carbons (Fsp3) is 0.584. The number of anilines is 5. The maximum absolute atomic E-state index is 9.73. The fourth-order valence-corrected chi connectivity index (χ4v) is 42.1. The summed E-state index contributed by atoms with van der Waals surface area (Å²) in [5.74, 6) is 3.74. The molecule has 0 radical (unpaired) electrons. The van der Waals surface area contributed by atoms with Crippen molar-refractivity contribution in [3.05, 3.63) is 134 Å². The molecule has 11 aromatic rings. The number of aliphatic hydroxyl groups excluding tert-OH is 3. The summed E-state index contributed by atoms with van der Waals surface area (Å²) < 4.78 is 95.7. The van der Waals surface area contributed by atoms with Crippen molar-refractivity contribution >= 4 is 125 Å². The molecule has 10 aromatic heterocycles. The number of nitrogens with two attached hydrogens (primary N) is 5. The molecule has 0 aliphatic carbocycles. The van der Waals surface area contributed by atoms with E-state index in [0.717, 1.165) is 70.0 Å². The molecule has 0 amide bonds. The second-order valence-electron chi connectivity index (χ2n) is 37.4. The summed E-state index contributed by atoms with van der Waals surface area (Å²) >= 11 is 5.64. The number of para-hydroxylation sites is 1. The molecule has 0 saturated carbocycles. The van der Waals surface area contributed by atoms with Gasteiger partial charge in [-0.15, -0.1) is 0 Å². The van der Waals surface area contributed by atoms with Crippen LogP contribution in [0.15, 0.2) is 123 Å². The van der Waals surface area contributed by atoms with E-state index in [4.69, 9.17) is 105 Å². The van der Waals surface area contributed by atoms with Gasteiger partial charge in [-0.05, 0) is 130 Å². The van der Waals surface area contributed by atoms with Crippen LogP contribution in [0.1, 0.15) is 206 Å². The number of ether oxygens (including phenoxy) is 7. The molecule has 7 fully saturated rings. The van der Waals surface area contributed by atoms with Gasteiger partial charge in [0.15, 0.2) is 17.7 Å². The van der Waals surface area contributed by atoms with Crippen molar-refractivity contribution in [2.24, 2.45) is 11.8 Å². The highest BCUT2D eigenvalue weighted by Gasteiger charge is 2.64. The van der Waals surface area contributed by atoms with Crippen molar-refractivity contribution in [3.63, 3.8) is 0 Å². The average Bonchev–Trinajstić information content (AvgIpc) is 1.52. The molecule has 17 heterocycles. The standard InChI is InChI=1S/C30H44N4O6SSi2.C23H40N4O4Si2.C13H18N4O.C12H16N4O2.C11H14N4O3/c1-18(2)42(19(3)4)35-16-25-27(39-43(40-42,20(5)6)21(7)8)28(38-30(41)36-22-12-10-9-11-13-22)26(37-25)23-14-15-24-29(31)32-17-33-34(23)24;1-14(2)32(15(3)4)28-12-22-21(30-33(31-32,16(5)6)17(7)8)11-20(29-22)18-9-10-19-23(24)25-13-26-27(18)19;1-3-10-8(2)6-11(18-10)17-5-4-9-12(14)15-7-16-13(9)17;1-7-4-10(18-9(7)5-17)16-3-2-8-11(13)14-6-15-12(8)16;12-10-6-1-2-15(11(6)14-5-13-10)9-3-7(17)8(4-16)18-9/h9-15,17-21,25-28H,16H2,1-8H3,(H2,31,32,33);9-10,13-17,20-22H,11-12H2,1-8H3,(H2,24,25,26);4-5,7-8,10-11H,3,6H2,1-2H3,(H2,14,15,16);2-3,6-7,9-10,17H,4-5H2,1H3,(H2,13,14,15);1-2,5,7-9,16-17H,3-4H2,(H2,12,13,14)/t25-,26+,27-,28+;20-,21+,22-;8-,10+,11+;7-,9+,10+;7-,8+,9+/m11000/s1. The molecule has 0 bridgehead atoms. The van der Waals surface area contributed by atoms with Gasteiger partial charge in [0.05, 0.1) is 78.4 Å². The Hall–Kier alpha value is -8.68. The number of benzene rings is 1. The third-order valence-electron chi connectivity index (χ3n) is 26.6. The van der Waals surface area contributed by atoms with E-state index in [9.17, 15) is 10.2 Å². The van der Waals surface area contributed by atoms with Crippen molar-refractivity contribution in [2.45, 2.75) is 294 Å². The molecule has 41 heteroatoms. The van der Waals surface area contributed by atoms with Crippen molar-refractivity contribution in [1.29, 1.82) is 0 Å². The number of hydrogen-bond donors (Lipinski definition) is 8. The summed E-state index contributed by atoms with van der Waals surface area (Å²) in [6.45, 7) is 42.6. The minimum absolute atomic E-state index is 0.0256. The van der Waals surface area contributed by atoms with Crippen molar-refractivity contribution < 1.29 is 74.4 Å². The Morgan fingerprint density at radius 2 is 0.869 bits per heavy atom. The zero-order valence-corrected chi connectivity index (χ0v) is 82.7. The molecule has 130 heavy (non-hydrogen) atoms. The zero-order valence-electron chi connectivity index (χ0n) is 77.9. The smallest absolute Gasteiger partial charge is 0.358 e. The molecule has 7 saturated heterocycles. The lowest BCUT2D eigenvalue weighted by atomic mass is 10.0. The van der Waals surface area contributed by atoms with Gasteiger partial charge in [-0.25, -0.2) is 48.9 Å². The third kappa shape index (κ3) is 19.3. The van der Waals surface area contributed by atoms with Crippen LogP contribution in [-0.2, 0) is 54.4 Å². The minimum atomic E-state index is -2.97. The van der Waals surface area contributed by atoms with E-state index in [1.54, 1.807) is 15.3 Å². The largest absolute Gasteiger partial charge is 0.447 e. The van der Waals surface area contributed by atoms with Crippen LogP contribution in [0.2, 0.25) is 44.3 Å². The number of hydrogen-bond acceptors (Lipinski definition) is 32. The number of nitrogens with zero attached hydrogens (tertiary/aromatic N) is 15. The molecular weight excluding hydrogens is 1750 g/mol. The third-order valence-corrected chi connectivity index (χ3v) is 47.3. The number of nitrogen functional groups attached to an aromatic ring is 5. The molecule has 0 unspecified atom stereocenters. The molecular formula is C89H132N20O16SSi4. The van der Waals surface area contributed by atoms with Gasteiger partial charge in [-0.2, -0.15) is 10.2 Å². The van der Waals surface area contributed by atoms with Crippen LogP contribution in [0, 0.1) is 11.8 Å². The highest BCUT2D eigenvalue weighted by molar-refractivity contribution is 7.79. The van der Waals surface area contributed by atoms with Gasteiger partial charge in [-0.1, -0.05) is 150 Å². The molecule has 16 atom stereocenters. The molecule has 1 aromatic carbocycles. The minimum Gasteiger partial charge on any atom is -0.447 e. The monoisotopic (exact) mass is 1880 g/mol. The van der Waals surface area contributed by atoms with E-state index in [0.29, 0.717) is 106 Å². The van der Waals surface area contributed by atoms with Crippen LogP contribution >= 0.6 is 12.2 Å². The highest BCUT2D eigenvalue weighted by atomic mass is 32.1. The molecule has 18 rings (SSSR count). The number of aromatic nitrogens is 15. The van der Waals surface area contributed by atoms with Crippen LogP contribution in [0.25, 0.3) is 44.1 Å². The predicted octanol–water partition coefficient (Wildman–Crippen LogP) is 14.5. The maximum atomic E-state index is 9.73. The molecule has 706 valence electrons. The van der Waals surface area contributed by atoms with Crippen molar-refractivity contribution in [3.8, 4) is 5.75 Å². The van der Waals surface area contributed by atoms with E-state index in [1.807, 2.05) is 94.3 Å². The first-order chi connectivity index (χ1) is 62.0. The second-order valence-corrected chi connectivity index (χ2v) is 55.4. The van der Waals surface area contributed by atoms with Crippen molar-refractivity contribution in [2.75, 3.05) is 55.1 Å². The Morgan fingerprint density at radius 1 is 0.454 bits per heavy atom. The van der Waals surface area contributed by atoms with Crippen molar-refractivity contribution in [1.82, 2.24) is 72.8 Å². The van der Waals surface area contributed by atoms with Crippen LogP contribution in [0.3, 0.4) is 0 Å². The number of rotatable bonds is 18. The molecule has 13 N–H and O–H groups in total. The van der Waals surface area contributed by atoms with E-state index >= 15 is 0 Å².